The van der Waals surface area contributed by atoms with Crippen LogP contribution < -0.4 is 0 Å². The van der Waals surface area contributed by atoms with Crippen molar-refractivity contribution >= 4 is 66.1 Å². The summed E-state index contributed by atoms with van der Waals surface area (Å²) in [5, 5.41) is 7.46. The molecule has 0 N–H and O–H groups in total. The second-order valence-corrected chi connectivity index (χ2v) is 16.8. The van der Waals surface area contributed by atoms with Gasteiger partial charge in [0.05, 0.1) is 33.5 Å². The van der Waals surface area contributed by atoms with Gasteiger partial charge in [-0.3, -0.25) is 4.57 Å². The fourth-order valence-electron chi connectivity index (χ4n) is 9.60. The number of hydrogen-bond donors (Lipinski definition) is 0. The molecule has 0 bridgehead atoms. The molecule has 3 aromatic heterocycles. The number of para-hydroxylation sites is 2. The Labute approximate surface area is 356 Å². The van der Waals surface area contributed by atoms with Gasteiger partial charge in [0.15, 0.2) is 0 Å². The van der Waals surface area contributed by atoms with Crippen LogP contribution >= 0.6 is 11.8 Å². The molecule has 12 aromatic rings. The van der Waals surface area contributed by atoms with Crippen LogP contribution in [0, 0.1) is 0 Å². The SMILES string of the molecule is c1ccc(-c2cc(-c3ccccc3)nc(-n3c4ccccc4c4cc(-c5ccc6c(c5)c5c7cccc8c7c(cc5n6-c5ccccc5)-c5ccccc5S8)ccc43)n2)cc1. The summed E-state index contributed by atoms with van der Waals surface area (Å²) in [6, 6.07) is 74.2. The Bertz CT molecular complexity index is 3660. The van der Waals surface area contributed by atoms with Gasteiger partial charge in [-0.15, -0.1) is 0 Å². The van der Waals surface area contributed by atoms with E-state index in [1.54, 1.807) is 0 Å². The molecule has 1 aliphatic rings. The molecule has 4 heterocycles. The minimum atomic E-state index is 0.647. The molecule has 284 valence electrons. The highest BCUT2D eigenvalue weighted by molar-refractivity contribution is 7.99. The molecule has 61 heavy (non-hydrogen) atoms. The largest absolute Gasteiger partial charge is 0.309 e. The highest BCUT2D eigenvalue weighted by Gasteiger charge is 2.25. The molecule has 0 spiro atoms. The first-order chi connectivity index (χ1) is 30.2. The third kappa shape index (κ3) is 5.27. The van der Waals surface area contributed by atoms with E-state index in [0.717, 1.165) is 55.6 Å². The zero-order valence-electron chi connectivity index (χ0n) is 32.8. The average Bonchev–Trinajstić information content (AvgIpc) is 3.84. The number of rotatable bonds is 5. The van der Waals surface area contributed by atoms with Crippen LogP contribution in [0.3, 0.4) is 0 Å². The van der Waals surface area contributed by atoms with Crippen LogP contribution in [0.4, 0.5) is 0 Å². The van der Waals surface area contributed by atoms with Gasteiger partial charge in [0.2, 0.25) is 5.95 Å². The molecule has 0 unspecified atom stereocenters. The molecular weight excluding hydrogens is 761 g/mol. The molecule has 4 nitrogen and oxygen atoms in total. The topological polar surface area (TPSA) is 35.6 Å². The van der Waals surface area contributed by atoms with Gasteiger partial charge in [-0.1, -0.05) is 151 Å². The minimum absolute atomic E-state index is 0.647. The number of nitrogens with zero attached hydrogens (tertiary/aromatic N) is 4. The van der Waals surface area contributed by atoms with Crippen molar-refractivity contribution in [1.82, 2.24) is 19.1 Å². The summed E-state index contributed by atoms with van der Waals surface area (Å²) >= 11 is 1.88. The number of aromatic nitrogens is 4. The predicted octanol–water partition coefficient (Wildman–Crippen LogP) is 15.0. The minimum Gasteiger partial charge on any atom is -0.309 e. The predicted molar refractivity (Wildman–Crippen MR) is 254 cm³/mol. The van der Waals surface area contributed by atoms with E-state index in [0.29, 0.717) is 5.95 Å². The highest BCUT2D eigenvalue weighted by atomic mass is 32.2. The lowest BCUT2D eigenvalue weighted by atomic mass is 9.93. The maximum absolute atomic E-state index is 5.25. The van der Waals surface area contributed by atoms with Gasteiger partial charge >= 0.3 is 0 Å². The summed E-state index contributed by atoms with van der Waals surface area (Å²) in [7, 11) is 0. The lowest BCUT2D eigenvalue weighted by Gasteiger charge is -2.21. The molecular formula is C56H34N4S. The zero-order valence-corrected chi connectivity index (χ0v) is 33.6. The molecule has 5 heteroatoms. The molecule has 0 aliphatic carbocycles. The Balaban J connectivity index is 1.04. The first kappa shape index (κ1) is 34.2. The molecule has 9 aromatic carbocycles. The number of fused-ring (bicyclic) bond motifs is 9. The van der Waals surface area contributed by atoms with E-state index in [4.69, 9.17) is 9.97 Å². The summed E-state index contributed by atoms with van der Waals surface area (Å²) in [4.78, 5) is 13.1. The van der Waals surface area contributed by atoms with Crippen molar-refractivity contribution in [1.29, 1.82) is 0 Å². The summed E-state index contributed by atoms with van der Waals surface area (Å²) in [5.41, 5.74) is 14.5. The quantitative estimate of drug-likeness (QED) is 0.174. The molecule has 0 fully saturated rings. The number of benzene rings is 9. The molecule has 13 rings (SSSR count). The Kier molecular flexibility index (Phi) is 7.50. The molecule has 0 atom stereocenters. The third-order valence-corrected chi connectivity index (χ3v) is 13.5. The van der Waals surface area contributed by atoms with Crippen molar-refractivity contribution in [2.45, 2.75) is 9.79 Å². The van der Waals surface area contributed by atoms with Crippen LogP contribution in [0.25, 0.3) is 111 Å². The molecule has 0 radical (unpaired) electrons. The molecule has 0 saturated heterocycles. The van der Waals surface area contributed by atoms with Gasteiger partial charge in [0, 0.05) is 53.5 Å². The lowest BCUT2D eigenvalue weighted by molar-refractivity contribution is 0.995. The summed E-state index contributed by atoms with van der Waals surface area (Å²) < 4.78 is 4.68. The van der Waals surface area contributed by atoms with Crippen LogP contribution in [-0.2, 0) is 0 Å². The van der Waals surface area contributed by atoms with E-state index in [1.807, 2.05) is 23.9 Å². The van der Waals surface area contributed by atoms with Crippen molar-refractivity contribution in [3.8, 4) is 56.4 Å². The zero-order chi connectivity index (χ0) is 40.0. The van der Waals surface area contributed by atoms with Gasteiger partial charge in [-0.2, -0.15) is 0 Å². The fourth-order valence-corrected chi connectivity index (χ4v) is 10.7. The second kappa shape index (κ2) is 13.4. The Morgan fingerprint density at radius 1 is 0.328 bits per heavy atom. The number of hydrogen-bond acceptors (Lipinski definition) is 3. The van der Waals surface area contributed by atoms with E-state index in [-0.39, 0.29) is 0 Å². The lowest BCUT2D eigenvalue weighted by Crippen LogP contribution is -2.03. The monoisotopic (exact) mass is 794 g/mol. The van der Waals surface area contributed by atoms with Gasteiger partial charge in [0.25, 0.3) is 0 Å². The smallest absolute Gasteiger partial charge is 0.235 e. The van der Waals surface area contributed by atoms with Crippen molar-refractivity contribution in [3.63, 3.8) is 0 Å². The fraction of sp³-hybridized carbons (Fsp3) is 0. The third-order valence-electron chi connectivity index (χ3n) is 12.3. The van der Waals surface area contributed by atoms with Crippen molar-refractivity contribution in [2.75, 3.05) is 0 Å². The maximum atomic E-state index is 5.25. The standard InChI is InChI=1S/C56H34N4S/c1-4-15-35(16-5-1)46-34-47(36-17-6-2-7-18-36)58-56(57-46)60-48-24-12-10-21-40(48)43-31-37(27-29-49(43)60)38-28-30-50-45(32-38)54-42-23-14-26-53-55(42)44(41-22-11-13-25-52(41)61-53)33-51(54)59(50)39-19-8-3-9-20-39/h1-34H. The Morgan fingerprint density at radius 3 is 1.64 bits per heavy atom. The average molecular weight is 795 g/mol. The first-order valence-corrected chi connectivity index (χ1v) is 21.5. The van der Waals surface area contributed by atoms with E-state index in [2.05, 4.69) is 203 Å². The van der Waals surface area contributed by atoms with E-state index in [9.17, 15) is 0 Å². The maximum Gasteiger partial charge on any atom is 0.235 e. The first-order valence-electron chi connectivity index (χ1n) is 20.7. The van der Waals surface area contributed by atoms with Gasteiger partial charge < -0.3 is 4.57 Å². The molecule has 0 amide bonds. The van der Waals surface area contributed by atoms with Crippen LogP contribution in [0.5, 0.6) is 0 Å². The normalized spacial score (nSPS) is 12.2. The van der Waals surface area contributed by atoms with E-state index < -0.39 is 0 Å². The highest BCUT2D eigenvalue weighted by Crippen LogP contribution is 2.51. The van der Waals surface area contributed by atoms with Crippen molar-refractivity contribution in [3.05, 3.63) is 206 Å². The second-order valence-electron chi connectivity index (χ2n) is 15.8. The van der Waals surface area contributed by atoms with Gasteiger partial charge in [-0.25, -0.2) is 9.97 Å². The van der Waals surface area contributed by atoms with E-state index in [1.165, 1.54) is 59.1 Å². The van der Waals surface area contributed by atoms with E-state index >= 15 is 0 Å². The summed E-state index contributed by atoms with van der Waals surface area (Å²) in [6.07, 6.45) is 0. The molecule has 0 saturated carbocycles. The van der Waals surface area contributed by atoms with Crippen LogP contribution in [-0.4, -0.2) is 19.1 Å². The van der Waals surface area contributed by atoms with Crippen LogP contribution in [0.1, 0.15) is 0 Å². The van der Waals surface area contributed by atoms with Gasteiger partial charge in [-0.05, 0) is 94.4 Å². The molecule has 1 aliphatic heterocycles. The van der Waals surface area contributed by atoms with Gasteiger partial charge in [0.1, 0.15) is 0 Å². The van der Waals surface area contributed by atoms with Crippen LogP contribution in [0.2, 0.25) is 0 Å². The van der Waals surface area contributed by atoms with Crippen molar-refractivity contribution in [2.24, 2.45) is 0 Å². The summed E-state index contributed by atoms with van der Waals surface area (Å²) in [6.45, 7) is 0. The Hall–Kier alpha value is -7.73. The summed E-state index contributed by atoms with van der Waals surface area (Å²) in [5.74, 6) is 0.647. The van der Waals surface area contributed by atoms with Crippen LogP contribution in [0.15, 0.2) is 216 Å². The Morgan fingerprint density at radius 2 is 0.902 bits per heavy atom. The van der Waals surface area contributed by atoms with Crippen molar-refractivity contribution < 1.29 is 0 Å².